The van der Waals surface area contributed by atoms with Crippen LogP contribution in [0.1, 0.15) is 18.9 Å². The number of rotatable bonds is 4. The molecular formula is C12H13BrFN. The van der Waals surface area contributed by atoms with Gasteiger partial charge in [0.25, 0.3) is 0 Å². The second-order valence-electron chi connectivity index (χ2n) is 3.47. The van der Waals surface area contributed by atoms with Crippen LogP contribution in [-0.4, -0.2) is 6.04 Å². The maximum absolute atomic E-state index is 13.0. The molecule has 0 aliphatic heterocycles. The number of halogens is 2. The Morgan fingerprint density at radius 2 is 2.27 bits per heavy atom. The molecule has 0 aromatic heterocycles. The highest BCUT2D eigenvalue weighted by Gasteiger charge is 2.02. The first-order valence-electron chi connectivity index (χ1n) is 4.73. The van der Waals surface area contributed by atoms with Crippen molar-refractivity contribution < 1.29 is 4.39 Å². The van der Waals surface area contributed by atoms with Gasteiger partial charge in [0.1, 0.15) is 5.82 Å². The lowest BCUT2D eigenvalue weighted by Crippen LogP contribution is -2.24. The van der Waals surface area contributed by atoms with Gasteiger partial charge in [-0.2, -0.15) is 0 Å². The Balaban J connectivity index is 2.54. The highest BCUT2D eigenvalue weighted by atomic mass is 79.9. The summed E-state index contributed by atoms with van der Waals surface area (Å²) in [6.45, 7) is 2.63. The molecule has 0 saturated heterocycles. The normalized spacial score (nSPS) is 12.1. The average molecular weight is 270 g/mol. The van der Waals surface area contributed by atoms with Gasteiger partial charge in [-0.05, 0) is 30.7 Å². The van der Waals surface area contributed by atoms with Crippen molar-refractivity contribution in [1.29, 1.82) is 0 Å². The molecule has 80 valence electrons. The quantitative estimate of drug-likeness (QED) is 0.829. The van der Waals surface area contributed by atoms with Crippen LogP contribution in [0.5, 0.6) is 0 Å². The molecule has 0 spiro atoms. The second-order valence-corrected chi connectivity index (χ2v) is 4.38. The molecular weight excluding hydrogens is 257 g/mol. The van der Waals surface area contributed by atoms with E-state index in [9.17, 15) is 4.39 Å². The summed E-state index contributed by atoms with van der Waals surface area (Å²) < 4.78 is 13.8. The molecule has 0 fully saturated rings. The fraction of sp³-hybridized carbons (Fsp3) is 0.333. The van der Waals surface area contributed by atoms with Crippen molar-refractivity contribution in [2.75, 3.05) is 0 Å². The van der Waals surface area contributed by atoms with E-state index in [4.69, 9.17) is 6.42 Å². The molecule has 0 radical (unpaired) electrons. The molecule has 0 heterocycles. The number of hydrogen-bond acceptors (Lipinski definition) is 1. The minimum absolute atomic E-state index is 0.231. The first-order chi connectivity index (χ1) is 7.11. The molecule has 0 saturated carbocycles. The molecule has 1 aromatic carbocycles. The molecule has 1 N–H and O–H groups in total. The average Bonchev–Trinajstić information content (AvgIpc) is 2.14. The maximum atomic E-state index is 13.0. The standard InChI is InChI=1S/C12H13BrFN/c1-3-4-9(2)15-8-10-5-11(13)7-12(14)6-10/h1,5-7,9,15H,4,8H2,2H3. The number of nitrogens with one attached hydrogen (secondary N) is 1. The first-order valence-corrected chi connectivity index (χ1v) is 5.53. The van der Waals surface area contributed by atoms with Crippen LogP contribution in [-0.2, 0) is 6.54 Å². The van der Waals surface area contributed by atoms with Crippen molar-refractivity contribution >= 4 is 15.9 Å². The third-order valence-electron chi connectivity index (χ3n) is 2.00. The van der Waals surface area contributed by atoms with E-state index in [1.165, 1.54) is 12.1 Å². The Hall–Kier alpha value is -0.850. The Kier molecular flexibility index (Phi) is 4.80. The van der Waals surface area contributed by atoms with E-state index in [0.717, 1.165) is 10.0 Å². The van der Waals surface area contributed by atoms with Gasteiger partial charge in [-0.15, -0.1) is 12.3 Å². The molecule has 1 unspecified atom stereocenters. The Bertz CT molecular complexity index is 350. The lowest BCUT2D eigenvalue weighted by atomic mass is 10.2. The third-order valence-corrected chi connectivity index (χ3v) is 2.46. The molecule has 3 heteroatoms. The van der Waals surface area contributed by atoms with Crippen LogP contribution in [0.15, 0.2) is 22.7 Å². The SMILES string of the molecule is C#CCC(C)NCc1cc(F)cc(Br)c1. The van der Waals surface area contributed by atoms with Gasteiger partial charge in [-0.1, -0.05) is 15.9 Å². The molecule has 1 aromatic rings. The van der Waals surface area contributed by atoms with E-state index in [0.29, 0.717) is 13.0 Å². The summed E-state index contributed by atoms with van der Waals surface area (Å²) in [7, 11) is 0. The summed E-state index contributed by atoms with van der Waals surface area (Å²) in [6.07, 6.45) is 5.87. The summed E-state index contributed by atoms with van der Waals surface area (Å²) in [4.78, 5) is 0. The molecule has 1 rings (SSSR count). The summed E-state index contributed by atoms with van der Waals surface area (Å²) in [5.41, 5.74) is 0.908. The molecule has 1 nitrogen and oxygen atoms in total. The fourth-order valence-corrected chi connectivity index (χ4v) is 1.77. The lowest BCUT2D eigenvalue weighted by Gasteiger charge is -2.10. The summed E-state index contributed by atoms with van der Waals surface area (Å²) in [5, 5.41) is 3.22. The van der Waals surface area contributed by atoms with E-state index in [2.05, 4.69) is 27.2 Å². The van der Waals surface area contributed by atoms with Gasteiger partial charge < -0.3 is 5.32 Å². The molecule has 15 heavy (non-hydrogen) atoms. The van der Waals surface area contributed by atoms with Crippen LogP contribution in [0, 0.1) is 18.2 Å². The Morgan fingerprint density at radius 1 is 1.53 bits per heavy atom. The Labute approximate surface area is 98.2 Å². The van der Waals surface area contributed by atoms with Crippen molar-refractivity contribution in [3.05, 3.63) is 34.1 Å². The zero-order valence-electron chi connectivity index (χ0n) is 8.56. The van der Waals surface area contributed by atoms with Gasteiger partial charge in [-0.3, -0.25) is 0 Å². The van der Waals surface area contributed by atoms with Gasteiger partial charge in [-0.25, -0.2) is 4.39 Å². The van der Waals surface area contributed by atoms with Gasteiger partial charge in [0.2, 0.25) is 0 Å². The van der Waals surface area contributed by atoms with Crippen LogP contribution < -0.4 is 5.32 Å². The van der Waals surface area contributed by atoms with Gasteiger partial charge in [0.05, 0.1) is 0 Å². The van der Waals surface area contributed by atoms with Crippen LogP contribution in [0.3, 0.4) is 0 Å². The molecule has 0 amide bonds. The van der Waals surface area contributed by atoms with E-state index in [-0.39, 0.29) is 11.9 Å². The van der Waals surface area contributed by atoms with Crippen molar-refractivity contribution in [2.45, 2.75) is 25.9 Å². The Morgan fingerprint density at radius 3 is 2.87 bits per heavy atom. The zero-order valence-corrected chi connectivity index (χ0v) is 10.1. The number of benzene rings is 1. The summed E-state index contributed by atoms with van der Waals surface area (Å²) >= 11 is 3.25. The highest BCUT2D eigenvalue weighted by molar-refractivity contribution is 9.10. The van der Waals surface area contributed by atoms with Crippen LogP contribution in [0.4, 0.5) is 4.39 Å². The minimum Gasteiger partial charge on any atom is -0.309 e. The molecule has 0 bridgehead atoms. The first kappa shape index (κ1) is 12.2. The largest absolute Gasteiger partial charge is 0.309 e. The van der Waals surface area contributed by atoms with Crippen LogP contribution in [0.25, 0.3) is 0 Å². The van der Waals surface area contributed by atoms with Crippen LogP contribution in [0.2, 0.25) is 0 Å². The fourth-order valence-electron chi connectivity index (χ4n) is 1.25. The van der Waals surface area contributed by atoms with Crippen molar-refractivity contribution in [3.8, 4) is 12.3 Å². The van der Waals surface area contributed by atoms with Gasteiger partial charge in [0, 0.05) is 23.5 Å². The van der Waals surface area contributed by atoms with E-state index < -0.39 is 0 Å². The molecule has 1 atom stereocenters. The lowest BCUT2D eigenvalue weighted by molar-refractivity contribution is 0.555. The van der Waals surface area contributed by atoms with Crippen molar-refractivity contribution in [2.24, 2.45) is 0 Å². The van der Waals surface area contributed by atoms with Crippen molar-refractivity contribution in [1.82, 2.24) is 5.32 Å². The summed E-state index contributed by atoms with van der Waals surface area (Å²) in [5.74, 6) is 2.35. The number of terminal acetylenes is 1. The number of hydrogen-bond donors (Lipinski definition) is 1. The summed E-state index contributed by atoms with van der Waals surface area (Å²) in [6, 6.07) is 5.09. The van der Waals surface area contributed by atoms with E-state index in [1.54, 1.807) is 0 Å². The monoisotopic (exact) mass is 269 g/mol. The van der Waals surface area contributed by atoms with E-state index >= 15 is 0 Å². The molecule has 0 aliphatic rings. The smallest absolute Gasteiger partial charge is 0.124 e. The third kappa shape index (κ3) is 4.46. The van der Waals surface area contributed by atoms with E-state index in [1.807, 2.05) is 13.0 Å². The topological polar surface area (TPSA) is 12.0 Å². The molecule has 0 aliphatic carbocycles. The predicted octanol–water partition coefficient (Wildman–Crippen LogP) is 3.09. The predicted molar refractivity (Wildman–Crippen MR) is 63.9 cm³/mol. The maximum Gasteiger partial charge on any atom is 0.124 e. The second kappa shape index (κ2) is 5.89. The van der Waals surface area contributed by atoms with Gasteiger partial charge >= 0.3 is 0 Å². The highest BCUT2D eigenvalue weighted by Crippen LogP contribution is 2.14. The van der Waals surface area contributed by atoms with Crippen molar-refractivity contribution in [3.63, 3.8) is 0 Å². The van der Waals surface area contributed by atoms with Crippen LogP contribution >= 0.6 is 15.9 Å². The zero-order chi connectivity index (χ0) is 11.3. The minimum atomic E-state index is -0.231. The van der Waals surface area contributed by atoms with Gasteiger partial charge in [0.15, 0.2) is 0 Å².